The molecule has 0 saturated carbocycles. The predicted molar refractivity (Wildman–Crippen MR) is 80.1 cm³/mol. The molecule has 0 radical (unpaired) electrons. The molecule has 0 bridgehead atoms. The van der Waals surface area contributed by atoms with Crippen LogP contribution < -0.4 is 11.1 Å². The zero-order chi connectivity index (χ0) is 17.3. The Hall–Kier alpha value is -2.51. The molecular formula is C14H23N3O5. The number of nitrogens with zero attached hydrogens (tertiary/aromatic N) is 1. The fourth-order valence-electron chi connectivity index (χ4n) is 1.48. The molecule has 0 aliphatic rings. The number of esters is 2. The van der Waals surface area contributed by atoms with Gasteiger partial charge in [0.05, 0.1) is 19.9 Å². The molecule has 0 aromatic heterocycles. The Kier molecular flexibility index (Phi) is 8.35. The lowest BCUT2D eigenvalue weighted by molar-refractivity contribution is -0.144. The quantitative estimate of drug-likeness (QED) is 0.497. The molecule has 0 heterocycles. The summed E-state index contributed by atoms with van der Waals surface area (Å²) in [6, 6.07) is 0. The van der Waals surface area contributed by atoms with E-state index in [-0.39, 0.29) is 19.0 Å². The summed E-state index contributed by atoms with van der Waals surface area (Å²) in [6.07, 6.45) is 1.57. The van der Waals surface area contributed by atoms with E-state index in [1.165, 1.54) is 26.0 Å². The highest BCUT2D eigenvalue weighted by Gasteiger charge is 2.16. The van der Waals surface area contributed by atoms with Crippen LogP contribution in [0.5, 0.6) is 0 Å². The summed E-state index contributed by atoms with van der Waals surface area (Å²) in [5.74, 6) is -1.30. The van der Waals surface area contributed by atoms with E-state index >= 15 is 0 Å². The largest absolute Gasteiger partial charge is 0.468 e. The molecule has 0 aromatic carbocycles. The van der Waals surface area contributed by atoms with Crippen molar-refractivity contribution >= 4 is 17.8 Å². The first kappa shape index (κ1) is 19.5. The van der Waals surface area contributed by atoms with E-state index in [1.807, 2.05) is 0 Å². The van der Waals surface area contributed by atoms with Gasteiger partial charge in [0.1, 0.15) is 13.1 Å². The maximum atomic E-state index is 11.4. The molecule has 124 valence electrons. The topological polar surface area (TPSA) is 111 Å². The van der Waals surface area contributed by atoms with E-state index in [2.05, 4.69) is 14.8 Å². The Balaban J connectivity index is 5.36. The monoisotopic (exact) mass is 313 g/mol. The number of allylic oxidation sites excluding steroid dienone is 3. The number of carbonyl (C=O) groups is 3. The molecule has 0 aliphatic heterocycles. The molecule has 0 aliphatic carbocycles. The van der Waals surface area contributed by atoms with Crippen LogP contribution in [0.1, 0.15) is 20.8 Å². The number of nitrogens with two attached hydrogens (primary N) is 1. The van der Waals surface area contributed by atoms with Gasteiger partial charge in [-0.15, -0.1) is 0 Å². The number of rotatable bonds is 7. The lowest BCUT2D eigenvalue weighted by Crippen LogP contribution is -2.34. The number of ether oxygens (including phenoxy) is 2. The summed E-state index contributed by atoms with van der Waals surface area (Å²) < 4.78 is 9.19. The average Bonchev–Trinajstić information content (AvgIpc) is 2.44. The van der Waals surface area contributed by atoms with Crippen molar-refractivity contribution in [3.05, 3.63) is 23.2 Å². The molecule has 0 aromatic rings. The molecular weight excluding hydrogens is 290 g/mol. The SMILES string of the molecule is COC(=O)CN(CC(=O)OC)/C(C)=C/C(NC(C)=O)=C(\C)N. The third-order valence-corrected chi connectivity index (χ3v) is 2.68. The minimum atomic E-state index is -0.508. The summed E-state index contributed by atoms with van der Waals surface area (Å²) in [7, 11) is 2.51. The van der Waals surface area contributed by atoms with Gasteiger partial charge in [-0.2, -0.15) is 0 Å². The van der Waals surface area contributed by atoms with Crippen molar-refractivity contribution in [2.45, 2.75) is 20.8 Å². The van der Waals surface area contributed by atoms with Crippen LogP contribution in [0.2, 0.25) is 0 Å². The zero-order valence-electron chi connectivity index (χ0n) is 13.6. The summed E-state index contributed by atoms with van der Waals surface area (Å²) in [4.78, 5) is 35.5. The van der Waals surface area contributed by atoms with Gasteiger partial charge in [-0.1, -0.05) is 0 Å². The van der Waals surface area contributed by atoms with E-state index in [0.29, 0.717) is 17.1 Å². The zero-order valence-corrected chi connectivity index (χ0v) is 13.6. The highest BCUT2D eigenvalue weighted by molar-refractivity contribution is 5.76. The Morgan fingerprint density at radius 2 is 1.50 bits per heavy atom. The Morgan fingerprint density at radius 1 is 1.05 bits per heavy atom. The van der Waals surface area contributed by atoms with Gasteiger partial charge in [-0.3, -0.25) is 14.4 Å². The van der Waals surface area contributed by atoms with Crippen LogP contribution >= 0.6 is 0 Å². The minimum absolute atomic E-state index is 0.134. The van der Waals surface area contributed by atoms with Crippen LogP contribution in [-0.2, 0) is 23.9 Å². The van der Waals surface area contributed by atoms with Gasteiger partial charge < -0.3 is 25.4 Å². The van der Waals surface area contributed by atoms with E-state index in [0.717, 1.165) is 0 Å². The predicted octanol–water partition coefficient (Wildman–Crippen LogP) is -0.135. The maximum absolute atomic E-state index is 11.4. The average molecular weight is 313 g/mol. The second kappa shape index (κ2) is 9.43. The van der Waals surface area contributed by atoms with Gasteiger partial charge >= 0.3 is 11.9 Å². The Morgan fingerprint density at radius 3 is 1.82 bits per heavy atom. The standard InChI is InChI=1S/C14H23N3O5/c1-9(6-12(10(2)15)16-11(3)18)17(7-13(19)21-4)8-14(20)22-5/h6H,7-8,15H2,1-5H3,(H,16,18)/b9-6+,12-10-. The van der Waals surface area contributed by atoms with Gasteiger partial charge in [-0.05, 0) is 19.9 Å². The van der Waals surface area contributed by atoms with Crippen molar-refractivity contribution in [3.8, 4) is 0 Å². The molecule has 0 rings (SSSR count). The Labute approximate surface area is 129 Å². The van der Waals surface area contributed by atoms with Crippen LogP contribution in [0.25, 0.3) is 0 Å². The van der Waals surface area contributed by atoms with E-state index in [1.54, 1.807) is 19.9 Å². The van der Waals surface area contributed by atoms with Crippen molar-refractivity contribution in [1.82, 2.24) is 10.2 Å². The summed E-state index contributed by atoms with van der Waals surface area (Å²) in [5, 5.41) is 2.58. The molecule has 8 heteroatoms. The van der Waals surface area contributed by atoms with Gasteiger partial charge in [0.25, 0.3) is 0 Å². The number of hydrogen-bond donors (Lipinski definition) is 2. The maximum Gasteiger partial charge on any atom is 0.325 e. The second-order valence-corrected chi connectivity index (χ2v) is 4.57. The lowest BCUT2D eigenvalue weighted by Gasteiger charge is -2.23. The molecule has 3 N–H and O–H groups in total. The molecule has 1 amide bonds. The van der Waals surface area contributed by atoms with Gasteiger partial charge in [0.15, 0.2) is 0 Å². The van der Waals surface area contributed by atoms with Crippen molar-refractivity contribution < 1.29 is 23.9 Å². The minimum Gasteiger partial charge on any atom is -0.468 e. The fraction of sp³-hybridized carbons (Fsp3) is 0.500. The number of methoxy groups -OCH3 is 2. The van der Waals surface area contributed by atoms with Crippen molar-refractivity contribution in [2.24, 2.45) is 5.73 Å². The number of amides is 1. The highest BCUT2D eigenvalue weighted by Crippen LogP contribution is 2.09. The molecule has 22 heavy (non-hydrogen) atoms. The van der Waals surface area contributed by atoms with E-state index < -0.39 is 11.9 Å². The van der Waals surface area contributed by atoms with Crippen molar-refractivity contribution in [1.29, 1.82) is 0 Å². The summed E-state index contributed by atoms with van der Waals surface area (Å²) >= 11 is 0. The second-order valence-electron chi connectivity index (χ2n) is 4.57. The van der Waals surface area contributed by atoms with Crippen LogP contribution in [0.15, 0.2) is 23.2 Å². The van der Waals surface area contributed by atoms with Crippen molar-refractivity contribution in [3.63, 3.8) is 0 Å². The first-order chi connectivity index (χ1) is 10.2. The number of carbonyl (C=O) groups excluding carboxylic acids is 3. The normalized spacial score (nSPS) is 12.1. The van der Waals surface area contributed by atoms with Crippen LogP contribution in [0.3, 0.4) is 0 Å². The fourth-order valence-corrected chi connectivity index (χ4v) is 1.48. The molecule has 0 fully saturated rings. The van der Waals surface area contributed by atoms with Gasteiger partial charge in [0, 0.05) is 18.3 Å². The number of hydrogen-bond acceptors (Lipinski definition) is 7. The van der Waals surface area contributed by atoms with Crippen LogP contribution in [0.4, 0.5) is 0 Å². The smallest absolute Gasteiger partial charge is 0.325 e. The molecule has 0 spiro atoms. The van der Waals surface area contributed by atoms with Gasteiger partial charge in [0.2, 0.25) is 5.91 Å². The highest BCUT2D eigenvalue weighted by atomic mass is 16.5. The van der Waals surface area contributed by atoms with Gasteiger partial charge in [-0.25, -0.2) is 0 Å². The summed E-state index contributed by atoms with van der Waals surface area (Å²) in [6.45, 7) is 4.39. The molecule has 8 nitrogen and oxygen atoms in total. The van der Waals surface area contributed by atoms with E-state index in [9.17, 15) is 14.4 Å². The molecule has 0 atom stereocenters. The molecule has 0 saturated heterocycles. The van der Waals surface area contributed by atoms with Crippen LogP contribution in [-0.4, -0.2) is 50.1 Å². The van der Waals surface area contributed by atoms with Crippen molar-refractivity contribution in [2.75, 3.05) is 27.3 Å². The third kappa shape index (κ3) is 7.32. The Bertz CT molecular complexity index is 475. The first-order valence-electron chi connectivity index (χ1n) is 6.52. The number of nitrogens with one attached hydrogen (secondary N) is 1. The van der Waals surface area contributed by atoms with E-state index in [4.69, 9.17) is 5.73 Å². The lowest BCUT2D eigenvalue weighted by atomic mass is 10.2. The van der Waals surface area contributed by atoms with Crippen LogP contribution in [0, 0.1) is 0 Å². The first-order valence-corrected chi connectivity index (χ1v) is 6.52. The summed E-state index contributed by atoms with van der Waals surface area (Å²) in [5.41, 5.74) is 7.04. The third-order valence-electron chi connectivity index (χ3n) is 2.68. The molecule has 0 unspecified atom stereocenters.